The van der Waals surface area contributed by atoms with E-state index in [0.29, 0.717) is 10.7 Å². The summed E-state index contributed by atoms with van der Waals surface area (Å²) in [6.45, 7) is 1.84. The van der Waals surface area contributed by atoms with E-state index in [9.17, 15) is 13.2 Å². The molecular weight excluding hydrogens is 310 g/mol. The van der Waals surface area contributed by atoms with Crippen molar-refractivity contribution in [1.29, 1.82) is 0 Å². The van der Waals surface area contributed by atoms with E-state index in [4.69, 9.17) is 11.6 Å². The first-order valence-corrected chi connectivity index (χ1v) is 8.25. The van der Waals surface area contributed by atoms with Gasteiger partial charge in [0, 0.05) is 10.7 Å². The highest BCUT2D eigenvalue weighted by atomic mass is 35.5. The van der Waals surface area contributed by atoms with Gasteiger partial charge in [-0.3, -0.25) is 4.79 Å². The lowest BCUT2D eigenvalue weighted by molar-refractivity contribution is -0.113. The molecule has 2 aromatic carbocycles. The van der Waals surface area contributed by atoms with Gasteiger partial charge in [-0.2, -0.15) is 0 Å². The van der Waals surface area contributed by atoms with Crippen molar-refractivity contribution in [3.05, 3.63) is 59.1 Å². The fourth-order valence-corrected chi connectivity index (χ4v) is 3.09. The Bertz CT molecular complexity index is 758. The number of sulfone groups is 1. The highest BCUT2D eigenvalue weighted by molar-refractivity contribution is 7.92. The zero-order chi connectivity index (χ0) is 15.5. The Morgan fingerprint density at radius 2 is 1.81 bits per heavy atom. The quantitative estimate of drug-likeness (QED) is 0.940. The molecule has 0 spiro atoms. The van der Waals surface area contributed by atoms with Gasteiger partial charge in [0.25, 0.3) is 0 Å². The zero-order valence-corrected chi connectivity index (χ0v) is 12.9. The molecule has 0 aliphatic heterocycles. The summed E-state index contributed by atoms with van der Waals surface area (Å²) >= 11 is 5.96. The number of amides is 1. The molecule has 21 heavy (non-hydrogen) atoms. The van der Waals surface area contributed by atoms with Gasteiger partial charge in [0.05, 0.1) is 4.90 Å². The second-order valence-corrected chi connectivity index (χ2v) is 6.98. The molecule has 0 saturated carbocycles. The van der Waals surface area contributed by atoms with Crippen molar-refractivity contribution in [3.63, 3.8) is 0 Å². The number of anilines is 1. The van der Waals surface area contributed by atoms with Crippen LogP contribution in [0.3, 0.4) is 0 Å². The molecule has 1 amide bonds. The standard InChI is InChI=1S/C15H14ClNO3S/c1-11-7-8-12(9-14(11)16)17-15(18)10-21(19,20)13-5-3-2-4-6-13/h2-9H,10H2,1H3,(H,17,18). The van der Waals surface area contributed by atoms with Crippen LogP contribution in [0, 0.1) is 6.92 Å². The fourth-order valence-electron chi connectivity index (χ4n) is 1.75. The average Bonchev–Trinajstić information content (AvgIpc) is 2.43. The minimum Gasteiger partial charge on any atom is -0.325 e. The van der Waals surface area contributed by atoms with E-state index in [1.165, 1.54) is 12.1 Å². The molecule has 0 aliphatic carbocycles. The molecule has 0 heterocycles. The SMILES string of the molecule is Cc1ccc(NC(=O)CS(=O)(=O)c2ccccc2)cc1Cl. The third-order valence-corrected chi connectivity index (χ3v) is 4.92. The van der Waals surface area contributed by atoms with Crippen LogP contribution in [0.1, 0.15) is 5.56 Å². The molecule has 0 saturated heterocycles. The number of rotatable bonds is 4. The lowest BCUT2D eigenvalue weighted by atomic mass is 10.2. The summed E-state index contributed by atoms with van der Waals surface area (Å²) in [4.78, 5) is 12.0. The van der Waals surface area contributed by atoms with Crippen LogP contribution in [0.15, 0.2) is 53.4 Å². The fraction of sp³-hybridized carbons (Fsp3) is 0.133. The maximum atomic E-state index is 12.1. The number of halogens is 1. The second-order valence-electron chi connectivity index (χ2n) is 4.58. The number of hydrogen-bond acceptors (Lipinski definition) is 3. The van der Waals surface area contributed by atoms with Crippen LogP contribution in [-0.2, 0) is 14.6 Å². The summed E-state index contributed by atoms with van der Waals surface area (Å²) in [6, 6.07) is 12.9. The minimum absolute atomic E-state index is 0.127. The summed E-state index contributed by atoms with van der Waals surface area (Å²) in [6.07, 6.45) is 0. The summed E-state index contributed by atoms with van der Waals surface area (Å²) < 4.78 is 24.1. The molecule has 0 aromatic heterocycles. The van der Waals surface area contributed by atoms with E-state index in [1.807, 2.05) is 6.92 Å². The first-order valence-electron chi connectivity index (χ1n) is 6.22. The van der Waals surface area contributed by atoms with Gasteiger partial charge in [-0.15, -0.1) is 0 Å². The van der Waals surface area contributed by atoms with Gasteiger partial charge in [0.15, 0.2) is 9.84 Å². The van der Waals surface area contributed by atoms with E-state index in [0.717, 1.165) is 5.56 Å². The Kier molecular flexibility index (Phi) is 4.65. The van der Waals surface area contributed by atoms with Crippen molar-refractivity contribution >= 4 is 33.0 Å². The van der Waals surface area contributed by atoms with E-state index < -0.39 is 21.5 Å². The minimum atomic E-state index is -3.64. The van der Waals surface area contributed by atoms with Gasteiger partial charge in [-0.05, 0) is 36.8 Å². The molecule has 0 fully saturated rings. The van der Waals surface area contributed by atoms with Crippen molar-refractivity contribution in [1.82, 2.24) is 0 Å². The van der Waals surface area contributed by atoms with Gasteiger partial charge in [0.1, 0.15) is 5.75 Å². The maximum Gasteiger partial charge on any atom is 0.239 e. The molecule has 0 aliphatic rings. The van der Waals surface area contributed by atoms with Crippen molar-refractivity contribution in [2.75, 3.05) is 11.1 Å². The number of carbonyl (C=O) groups is 1. The average molecular weight is 324 g/mol. The van der Waals surface area contributed by atoms with Crippen LogP contribution >= 0.6 is 11.6 Å². The summed E-state index contributed by atoms with van der Waals surface area (Å²) in [5, 5.41) is 3.05. The molecule has 6 heteroatoms. The van der Waals surface area contributed by atoms with Gasteiger partial charge in [-0.25, -0.2) is 8.42 Å². The largest absolute Gasteiger partial charge is 0.325 e. The van der Waals surface area contributed by atoms with Crippen molar-refractivity contribution in [3.8, 4) is 0 Å². The maximum absolute atomic E-state index is 12.1. The summed E-state index contributed by atoms with van der Waals surface area (Å²) in [5.74, 6) is -1.21. The summed E-state index contributed by atoms with van der Waals surface area (Å²) in [7, 11) is -3.64. The number of benzene rings is 2. The van der Waals surface area contributed by atoms with Crippen molar-refractivity contribution < 1.29 is 13.2 Å². The molecule has 0 radical (unpaired) electrons. The van der Waals surface area contributed by atoms with Crippen molar-refractivity contribution in [2.24, 2.45) is 0 Å². The van der Waals surface area contributed by atoms with Crippen LogP contribution in [0.5, 0.6) is 0 Å². The highest BCUT2D eigenvalue weighted by Crippen LogP contribution is 2.20. The molecule has 0 atom stereocenters. The Morgan fingerprint density at radius 3 is 2.43 bits per heavy atom. The van der Waals surface area contributed by atoms with Crippen molar-refractivity contribution in [2.45, 2.75) is 11.8 Å². The van der Waals surface area contributed by atoms with E-state index in [-0.39, 0.29) is 4.90 Å². The third-order valence-electron chi connectivity index (χ3n) is 2.88. The first-order chi connectivity index (χ1) is 9.88. The Balaban J connectivity index is 2.10. The summed E-state index contributed by atoms with van der Waals surface area (Å²) in [5.41, 5.74) is 1.35. The van der Waals surface area contributed by atoms with Gasteiger partial charge >= 0.3 is 0 Å². The lowest BCUT2D eigenvalue weighted by Crippen LogP contribution is -2.23. The third kappa shape index (κ3) is 4.06. The topological polar surface area (TPSA) is 63.2 Å². The molecule has 2 rings (SSSR count). The van der Waals surface area contributed by atoms with E-state index in [1.54, 1.807) is 36.4 Å². The number of aryl methyl sites for hydroxylation is 1. The number of nitrogens with one attached hydrogen (secondary N) is 1. The molecule has 0 unspecified atom stereocenters. The Labute approximate surface area is 128 Å². The van der Waals surface area contributed by atoms with Gasteiger partial charge in [-0.1, -0.05) is 35.9 Å². The van der Waals surface area contributed by atoms with Crippen LogP contribution in [0.25, 0.3) is 0 Å². The van der Waals surface area contributed by atoms with Crippen LogP contribution in [0.4, 0.5) is 5.69 Å². The van der Waals surface area contributed by atoms with Crippen LogP contribution < -0.4 is 5.32 Å². The molecule has 1 N–H and O–H groups in total. The van der Waals surface area contributed by atoms with E-state index >= 15 is 0 Å². The molecule has 4 nitrogen and oxygen atoms in total. The first kappa shape index (κ1) is 15.5. The zero-order valence-electron chi connectivity index (χ0n) is 11.3. The number of carbonyl (C=O) groups excluding carboxylic acids is 1. The molecule has 0 bridgehead atoms. The molecule has 2 aromatic rings. The highest BCUT2D eigenvalue weighted by Gasteiger charge is 2.19. The molecule has 110 valence electrons. The number of hydrogen-bond donors (Lipinski definition) is 1. The van der Waals surface area contributed by atoms with Crippen LogP contribution in [-0.4, -0.2) is 20.1 Å². The lowest BCUT2D eigenvalue weighted by Gasteiger charge is -2.07. The predicted molar refractivity (Wildman–Crippen MR) is 83.3 cm³/mol. The predicted octanol–water partition coefficient (Wildman–Crippen LogP) is 3.06. The van der Waals surface area contributed by atoms with Crippen LogP contribution in [0.2, 0.25) is 5.02 Å². The second kappa shape index (κ2) is 6.28. The monoisotopic (exact) mass is 323 g/mol. The van der Waals surface area contributed by atoms with Gasteiger partial charge in [0.2, 0.25) is 5.91 Å². The van der Waals surface area contributed by atoms with E-state index in [2.05, 4.69) is 5.32 Å². The molecular formula is C15H14ClNO3S. The normalized spacial score (nSPS) is 11.1. The Morgan fingerprint density at radius 1 is 1.14 bits per heavy atom. The Hall–Kier alpha value is -1.85. The van der Waals surface area contributed by atoms with Gasteiger partial charge < -0.3 is 5.32 Å². The smallest absolute Gasteiger partial charge is 0.239 e.